The minimum Gasteiger partial charge on any atom is -0.493 e. The molecule has 1 fully saturated rings. The first-order valence-electron chi connectivity index (χ1n) is 10.7. The second-order valence-corrected chi connectivity index (χ2v) is 10.1. The molecule has 3 aromatic carbocycles. The van der Waals surface area contributed by atoms with Gasteiger partial charge in [0.15, 0.2) is 16.6 Å². The number of amides is 2. The summed E-state index contributed by atoms with van der Waals surface area (Å²) in [5.41, 5.74) is 1.09. The van der Waals surface area contributed by atoms with E-state index in [2.05, 4.69) is 5.32 Å². The van der Waals surface area contributed by atoms with Crippen LogP contribution in [-0.4, -0.2) is 29.0 Å². The van der Waals surface area contributed by atoms with E-state index in [1.165, 1.54) is 25.3 Å². The molecule has 9 nitrogen and oxygen atoms in total. The lowest BCUT2D eigenvalue weighted by molar-refractivity contribution is -0.384. The average molecular weight is 684 g/mol. The van der Waals surface area contributed by atoms with Gasteiger partial charge in [-0.1, -0.05) is 41.4 Å². The van der Waals surface area contributed by atoms with Gasteiger partial charge in [0.2, 0.25) is 0 Å². The highest BCUT2D eigenvalue weighted by Crippen LogP contribution is 2.37. The summed E-state index contributed by atoms with van der Waals surface area (Å²) in [6.45, 7) is 0.0577. The average Bonchev–Trinajstić information content (AvgIpc) is 2.88. The van der Waals surface area contributed by atoms with Crippen LogP contribution in [0.1, 0.15) is 11.1 Å². The molecule has 0 bridgehead atoms. The fourth-order valence-corrected chi connectivity index (χ4v) is 5.02. The molecule has 0 unspecified atom stereocenters. The van der Waals surface area contributed by atoms with Gasteiger partial charge in [-0.3, -0.25) is 29.9 Å². The van der Waals surface area contributed by atoms with Crippen molar-refractivity contribution in [2.75, 3.05) is 12.0 Å². The molecule has 194 valence electrons. The predicted octanol–water partition coefficient (Wildman–Crippen LogP) is 5.93. The highest BCUT2D eigenvalue weighted by Gasteiger charge is 2.35. The minimum atomic E-state index is -0.678. The van der Waals surface area contributed by atoms with Gasteiger partial charge in [-0.05, 0) is 76.3 Å². The van der Waals surface area contributed by atoms with Crippen LogP contribution in [0.3, 0.4) is 0 Å². The highest BCUT2D eigenvalue weighted by atomic mass is 127. The third kappa shape index (κ3) is 5.75. The van der Waals surface area contributed by atoms with Crippen LogP contribution >= 0.6 is 58.0 Å². The first kappa shape index (κ1) is 27.8. The normalized spacial score (nSPS) is 14.5. The number of methoxy groups -OCH3 is 1. The summed E-state index contributed by atoms with van der Waals surface area (Å²) in [7, 11) is 1.45. The Morgan fingerprint density at radius 2 is 1.89 bits per heavy atom. The van der Waals surface area contributed by atoms with Gasteiger partial charge in [-0.2, -0.15) is 0 Å². The number of nitrogens with zero attached hydrogens (tertiary/aromatic N) is 2. The van der Waals surface area contributed by atoms with Gasteiger partial charge in [0.1, 0.15) is 12.2 Å². The van der Waals surface area contributed by atoms with E-state index in [-0.39, 0.29) is 38.7 Å². The van der Waals surface area contributed by atoms with E-state index >= 15 is 0 Å². The van der Waals surface area contributed by atoms with Crippen molar-refractivity contribution in [2.45, 2.75) is 6.61 Å². The zero-order valence-corrected chi connectivity index (χ0v) is 23.9. The first-order chi connectivity index (χ1) is 18.1. The number of hydrogen-bond acceptors (Lipinski definition) is 7. The van der Waals surface area contributed by atoms with Crippen LogP contribution in [-0.2, 0) is 16.2 Å². The quantitative estimate of drug-likeness (QED) is 0.0822. The molecule has 38 heavy (non-hydrogen) atoms. The molecule has 0 aromatic heterocycles. The zero-order chi connectivity index (χ0) is 27.6. The zero-order valence-electron chi connectivity index (χ0n) is 19.4. The fourth-order valence-electron chi connectivity index (χ4n) is 3.59. The largest absolute Gasteiger partial charge is 0.493 e. The summed E-state index contributed by atoms with van der Waals surface area (Å²) >= 11 is 19.7. The molecule has 0 spiro atoms. The van der Waals surface area contributed by atoms with E-state index in [1.807, 2.05) is 22.6 Å². The SMILES string of the molecule is COc1cc(/C=C2\C(=O)NC(=S)N(c3cccc(Cl)c3Cl)C2=O)cc(I)c1OCc1cccc([N+](=O)[O-])c1. The summed E-state index contributed by atoms with van der Waals surface area (Å²) in [5.74, 6) is -0.616. The van der Waals surface area contributed by atoms with Gasteiger partial charge < -0.3 is 9.47 Å². The maximum atomic E-state index is 13.4. The number of nitro benzene ring substituents is 1. The first-order valence-corrected chi connectivity index (χ1v) is 12.9. The smallest absolute Gasteiger partial charge is 0.270 e. The van der Waals surface area contributed by atoms with Crippen LogP contribution in [0.25, 0.3) is 6.08 Å². The van der Waals surface area contributed by atoms with Gasteiger partial charge in [-0.15, -0.1) is 0 Å². The number of thiocarbonyl (C=S) groups is 1. The van der Waals surface area contributed by atoms with E-state index in [9.17, 15) is 19.7 Å². The second-order valence-electron chi connectivity index (χ2n) is 7.78. The van der Waals surface area contributed by atoms with Crippen molar-refractivity contribution >= 4 is 92.4 Å². The number of anilines is 1. The van der Waals surface area contributed by atoms with Gasteiger partial charge in [0.05, 0.1) is 31.3 Å². The lowest BCUT2D eigenvalue weighted by Crippen LogP contribution is -2.54. The van der Waals surface area contributed by atoms with Crippen molar-refractivity contribution in [1.82, 2.24) is 5.32 Å². The summed E-state index contributed by atoms with van der Waals surface area (Å²) in [5, 5.41) is 13.8. The Balaban J connectivity index is 1.65. The number of rotatable bonds is 7. The van der Waals surface area contributed by atoms with Gasteiger partial charge >= 0.3 is 0 Å². The molecular weight excluding hydrogens is 668 g/mol. The Morgan fingerprint density at radius 1 is 1.16 bits per heavy atom. The Bertz CT molecular complexity index is 1530. The molecule has 2 amide bonds. The standard InChI is InChI=1S/C25H16Cl2IN3O6S/c1-36-20-11-14(10-18(28)22(20)37-12-13-4-2-5-15(8-13)31(34)35)9-16-23(32)29-25(38)30(24(16)33)19-7-3-6-17(26)21(19)27/h2-11H,12H2,1H3,(H,29,32,38)/b16-9+. The van der Waals surface area contributed by atoms with E-state index < -0.39 is 16.7 Å². The summed E-state index contributed by atoms with van der Waals surface area (Å²) < 4.78 is 12.0. The summed E-state index contributed by atoms with van der Waals surface area (Å²) in [6, 6.07) is 14.1. The molecule has 1 saturated heterocycles. The molecule has 13 heteroatoms. The van der Waals surface area contributed by atoms with Crippen molar-refractivity contribution < 1.29 is 24.0 Å². The van der Waals surface area contributed by atoms with Gasteiger partial charge in [0.25, 0.3) is 17.5 Å². The van der Waals surface area contributed by atoms with Crippen molar-refractivity contribution in [1.29, 1.82) is 0 Å². The number of carbonyl (C=O) groups is 2. The van der Waals surface area contributed by atoms with Crippen molar-refractivity contribution in [3.05, 3.63) is 95.0 Å². The third-order valence-electron chi connectivity index (χ3n) is 5.34. The molecule has 3 aromatic rings. The number of benzene rings is 3. The van der Waals surface area contributed by atoms with Gasteiger partial charge in [0, 0.05) is 12.1 Å². The Labute approximate surface area is 245 Å². The monoisotopic (exact) mass is 683 g/mol. The highest BCUT2D eigenvalue weighted by molar-refractivity contribution is 14.1. The van der Waals surface area contributed by atoms with Crippen LogP contribution in [0.4, 0.5) is 11.4 Å². The molecule has 1 N–H and O–H groups in total. The van der Waals surface area contributed by atoms with Crippen molar-refractivity contribution in [2.24, 2.45) is 0 Å². The number of ether oxygens (including phenoxy) is 2. The van der Waals surface area contributed by atoms with Crippen molar-refractivity contribution in [3.63, 3.8) is 0 Å². The Hall–Kier alpha value is -3.26. The minimum absolute atomic E-state index is 0.0438. The molecule has 4 rings (SSSR count). The van der Waals surface area contributed by atoms with Crippen molar-refractivity contribution in [3.8, 4) is 11.5 Å². The molecule has 1 aliphatic rings. The molecule has 0 saturated carbocycles. The lowest BCUT2D eigenvalue weighted by Gasteiger charge is -2.29. The van der Waals surface area contributed by atoms with Gasteiger partial charge in [-0.25, -0.2) is 0 Å². The molecule has 1 aliphatic heterocycles. The number of nitrogens with one attached hydrogen (secondary N) is 1. The van der Waals surface area contributed by atoms with E-state index in [0.717, 1.165) is 4.90 Å². The Kier molecular flexibility index (Phi) is 8.51. The summed E-state index contributed by atoms with van der Waals surface area (Å²) in [4.78, 5) is 37.7. The fraction of sp³-hybridized carbons (Fsp3) is 0.0800. The van der Waals surface area contributed by atoms with E-state index in [4.69, 9.17) is 44.9 Å². The number of halogens is 3. The topological polar surface area (TPSA) is 111 Å². The number of carbonyl (C=O) groups excluding carboxylic acids is 2. The maximum absolute atomic E-state index is 13.4. The van der Waals surface area contributed by atoms with Crippen LogP contribution < -0.4 is 19.7 Å². The Morgan fingerprint density at radius 3 is 2.61 bits per heavy atom. The van der Waals surface area contributed by atoms with E-state index in [1.54, 1.807) is 42.5 Å². The molecule has 0 atom stereocenters. The number of hydrogen-bond donors (Lipinski definition) is 1. The third-order valence-corrected chi connectivity index (χ3v) is 7.24. The predicted molar refractivity (Wildman–Crippen MR) is 156 cm³/mol. The molecule has 0 aliphatic carbocycles. The lowest BCUT2D eigenvalue weighted by atomic mass is 10.1. The summed E-state index contributed by atoms with van der Waals surface area (Å²) in [6.07, 6.45) is 1.40. The van der Waals surface area contributed by atoms with Crippen LogP contribution in [0.2, 0.25) is 10.0 Å². The van der Waals surface area contributed by atoms with Crippen LogP contribution in [0.15, 0.2) is 60.2 Å². The maximum Gasteiger partial charge on any atom is 0.270 e. The molecular formula is C25H16Cl2IN3O6S. The second kappa shape index (κ2) is 11.6. The number of nitro groups is 1. The van der Waals surface area contributed by atoms with Crippen LogP contribution in [0.5, 0.6) is 11.5 Å². The van der Waals surface area contributed by atoms with Crippen LogP contribution in [0, 0.1) is 13.7 Å². The molecule has 1 heterocycles. The molecule has 0 radical (unpaired) electrons. The van der Waals surface area contributed by atoms with E-state index in [0.29, 0.717) is 26.2 Å². The number of non-ortho nitro benzene ring substituents is 1.